The molecule has 278 valence electrons. The molecule has 7 N–H and O–H groups in total. The van der Waals surface area contributed by atoms with Gasteiger partial charge in [-0.25, -0.2) is 0 Å². The van der Waals surface area contributed by atoms with E-state index in [9.17, 15) is 28.8 Å². The summed E-state index contributed by atoms with van der Waals surface area (Å²) in [5.41, 5.74) is 7.72. The van der Waals surface area contributed by atoms with Gasteiger partial charge in [0.2, 0.25) is 35.4 Å². The summed E-state index contributed by atoms with van der Waals surface area (Å²) in [4.78, 5) is 83.5. The number of carbonyl (C=O) groups excluding carboxylic acids is 6. The van der Waals surface area contributed by atoms with Gasteiger partial charge in [0.25, 0.3) is 0 Å². The van der Waals surface area contributed by atoms with Crippen molar-refractivity contribution in [2.75, 3.05) is 0 Å². The van der Waals surface area contributed by atoms with Crippen molar-refractivity contribution >= 4 is 35.4 Å². The number of rotatable bonds is 19. The van der Waals surface area contributed by atoms with Crippen molar-refractivity contribution in [2.45, 2.75) is 90.5 Å². The van der Waals surface area contributed by atoms with E-state index < -0.39 is 65.7 Å². The Morgan fingerprint density at radius 1 is 0.596 bits per heavy atom. The first-order chi connectivity index (χ1) is 24.7. The Balaban J connectivity index is 1.82. The SMILES string of the molecule is CC(C)C[C@@H](NC(=O)[C@H](NC(=O)[C@@H](Cc1ccccc1)NC(=O)[C@@H](Cc1ccccc1)NC(=O)[C@H](C)NC(=O)Cc1cccnc1)C(C)C)C(N)=O. The summed E-state index contributed by atoms with van der Waals surface area (Å²) < 4.78 is 0. The van der Waals surface area contributed by atoms with Crippen LogP contribution in [0.15, 0.2) is 85.2 Å². The Hall–Kier alpha value is -5.59. The molecule has 1 heterocycles. The van der Waals surface area contributed by atoms with E-state index in [1.165, 1.54) is 6.92 Å². The molecule has 0 aliphatic heterocycles. The second-order valence-electron chi connectivity index (χ2n) is 13.7. The predicted molar refractivity (Wildman–Crippen MR) is 197 cm³/mol. The Morgan fingerprint density at radius 3 is 1.58 bits per heavy atom. The first-order valence-electron chi connectivity index (χ1n) is 17.5. The van der Waals surface area contributed by atoms with E-state index in [2.05, 4.69) is 31.6 Å². The molecule has 3 aromatic rings. The van der Waals surface area contributed by atoms with E-state index in [-0.39, 0.29) is 31.1 Å². The minimum Gasteiger partial charge on any atom is -0.368 e. The van der Waals surface area contributed by atoms with Gasteiger partial charge in [-0.1, -0.05) is 94.4 Å². The maximum Gasteiger partial charge on any atom is 0.243 e. The number of hydrogen-bond donors (Lipinski definition) is 6. The average molecular weight is 714 g/mol. The fourth-order valence-electron chi connectivity index (χ4n) is 5.50. The number of amides is 6. The average Bonchev–Trinajstić information content (AvgIpc) is 3.10. The molecule has 0 spiro atoms. The number of aromatic nitrogens is 1. The molecule has 0 aliphatic carbocycles. The van der Waals surface area contributed by atoms with Crippen LogP contribution < -0.4 is 32.3 Å². The molecule has 0 saturated heterocycles. The Labute approximate surface area is 305 Å². The zero-order valence-corrected chi connectivity index (χ0v) is 30.4. The summed E-state index contributed by atoms with van der Waals surface area (Å²) in [5, 5.41) is 13.7. The standard InChI is InChI=1S/C39H51N7O6/c1-24(2)19-30(35(40)48)43-39(52)34(25(3)4)46-38(51)32(21-28-15-10-7-11-16-28)45-37(50)31(20-27-13-8-6-9-14-27)44-36(49)26(5)42-33(47)22-29-17-12-18-41-23-29/h6-18,23-26,30-32,34H,19-22H2,1-5H3,(H2,40,48)(H,42,47)(H,43,52)(H,44,49)(H,45,50)(H,46,51)/t26-,30+,31+,32+,34+/m0/s1. The number of primary amides is 1. The van der Waals surface area contributed by atoms with Gasteiger partial charge in [-0.3, -0.25) is 33.8 Å². The van der Waals surface area contributed by atoms with Crippen LogP contribution in [0.5, 0.6) is 0 Å². The van der Waals surface area contributed by atoms with Crippen molar-refractivity contribution in [2.24, 2.45) is 17.6 Å². The smallest absolute Gasteiger partial charge is 0.243 e. The summed E-state index contributed by atoms with van der Waals surface area (Å²) in [7, 11) is 0. The number of nitrogens with two attached hydrogens (primary N) is 1. The molecular formula is C39H51N7O6. The number of nitrogens with zero attached hydrogens (tertiary/aromatic N) is 1. The van der Waals surface area contributed by atoms with Crippen LogP contribution in [0.4, 0.5) is 0 Å². The fraction of sp³-hybridized carbons (Fsp3) is 0.410. The van der Waals surface area contributed by atoms with Crippen LogP contribution in [-0.4, -0.2) is 70.6 Å². The van der Waals surface area contributed by atoms with Gasteiger partial charge < -0.3 is 32.3 Å². The Bertz CT molecular complexity index is 1640. The van der Waals surface area contributed by atoms with E-state index in [1.807, 2.05) is 50.2 Å². The van der Waals surface area contributed by atoms with Crippen molar-refractivity contribution in [1.82, 2.24) is 31.6 Å². The van der Waals surface area contributed by atoms with Gasteiger partial charge in [-0.2, -0.15) is 0 Å². The zero-order valence-electron chi connectivity index (χ0n) is 30.4. The minimum atomic E-state index is -1.15. The van der Waals surface area contributed by atoms with Gasteiger partial charge in [0.05, 0.1) is 6.42 Å². The zero-order chi connectivity index (χ0) is 38.2. The molecule has 0 unspecified atom stereocenters. The molecule has 52 heavy (non-hydrogen) atoms. The third-order valence-corrected chi connectivity index (χ3v) is 8.30. The van der Waals surface area contributed by atoms with Crippen molar-refractivity contribution in [3.05, 3.63) is 102 Å². The van der Waals surface area contributed by atoms with Gasteiger partial charge in [-0.05, 0) is 47.9 Å². The number of nitrogens with one attached hydrogen (secondary N) is 5. The Kier molecular flexibility index (Phi) is 15.9. The second-order valence-corrected chi connectivity index (χ2v) is 13.7. The van der Waals surface area contributed by atoms with Crippen molar-refractivity contribution in [1.29, 1.82) is 0 Å². The molecule has 0 fully saturated rings. The predicted octanol–water partition coefficient (Wildman–Crippen LogP) is 1.74. The molecule has 0 saturated carbocycles. The molecule has 2 aromatic carbocycles. The highest BCUT2D eigenvalue weighted by Crippen LogP contribution is 2.11. The van der Waals surface area contributed by atoms with Crippen LogP contribution in [0, 0.1) is 11.8 Å². The van der Waals surface area contributed by atoms with Gasteiger partial charge in [-0.15, -0.1) is 0 Å². The van der Waals surface area contributed by atoms with E-state index in [0.29, 0.717) is 12.0 Å². The molecule has 0 radical (unpaired) electrons. The van der Waals surface area contributed by atoms with Crippen molar-refractivity contribution < 1.29 is 28.8 Å². The van der Waals surface area contributed by atoms with Crippen molar-refractivity contribution in [3.63, 3.8) is 0 Å². The second kappa shape index (κ2) is 20.3. The van der Waals surface area contributed by atoms with Gasteiger partial charge in [0, 0.05) is 25.2 Å². The van der Waals surface area contributed by atoms with Crippen LogP contribution >= 0.6 is 0 Å². The summed E-state index contributed by atoms with van der Waals surface area (Å²) in [6.07, 6.45) is 3.68. The number of benzene rings is 2. The van der Waals surface area contributed by atoms with E-state index in [1.54, 1.807) is 62.6 Å². The quantitative estimate of drug-likeness (QED) is 0.109. The normalized spacial score (nSPS) is 13.9. The van der Waals surface area contributed by atoms with Gasteiger partial charge in [0.15, 0.2) is 0 Å². The minimum absolute atomic E-state index is 0.0198. The monoisotopic (exact) mass is 713 g/mol. The first kappa shape index (κ1) is 40.8. The van der Waals surface area contributed by atoms with Gasteiger partial charge >= 0.3 is 0 Å². The van der Waals surface area contributed by atoms with E-state index >= 15 is 0 Å². The summed E-state index contributed by atoms with van der Waals surface area (Å²) >= 11 is 0. The molecule has 3 rings (SSSR count). The molecule has 13 heteroatoms. The number of carbonyl (C=O) groups is 6. The topological polar surface area (TPSA) is 201 Å². The van der Waals surface area contributed by atoms with Crippen molar-refractivity contribution in [3.8, 4) is 0 Å². The van der Waals surface area contributed by atoms with E-state index in [4.69, 9.17) is 5.73 Å². The maximum absolute atomic E-state index is 14.0. The molecule has 0 bridgehead atoms. The lowest BCUT2D eigenvalue weighted by Gasteiger charge is -2.28. The highest BCUT2D eigenvalue weighted by Gasteiger charge is 2.33. The largest absolute Gasteiger partial charge is 0.368 e. The lowest BCUT2D eigenvalue weighted by atomic mass is 9.98. The van der Waals surface area contributed by atoms with Crippen LogP contribution in [0.2, 0.25) is 0 Å². The highest BCUT2D eigenvalue weighted by atomic mass is 16.2. The van der Waals surface area contributed by atoms with Gasteiger partial charge in [0.1, 0.15) is 30.2 Å². The lowest BCUT2D eigenvalue weighted by molar-refractivity contribution is -0.135. The highest BCUT2D eigenvalue weighted by molar-refractivity contribution is 5.96. The molecular weight excluding hydrogens is 662 g/mol. The Morgan fingerprint density at radius 2 is 1.10 bits per heavy atom. The summed E-state index contributed by atoms with van der Waals surface area (Å²) in [6, 6.07) is 16.3. The lowest BCUT2D eigenvalue weighted by Crippen LogP contribution is -2.60. The number of pyridine rings is 1. The fourth-order valence-corrected chi connectivity index (χ4v) is 5.50. The molecule has 6 amide bonds. The molecule has 5 atom stereocenters. The molecule has 13 nitrogen and oxygen atoms in total. The maximum atomic E-state index is 14.0. The third kappa shape index (κ3) is 13.6. The molecule has 0 aliphatic rings. The summed E-state index contributed by atoms with van der Waals surface area (Å²) in [5.74, 6) is -3.83. The molecule has 1 aromatic heterocycles. The van der Waals surface area contributed by atoms with E-state index in [0.717, 1.165) is 11.1 Å². The first-order valence-corrected chi connectivity index (χ1v) is 17.5. The number of hydrogen-bond acceptors (Lipinski definition) is 7. The van der Waals surface area contributed by atoms with Crippen LogP contribution in [0.25, 0.3) is 0 Å². The third-order valence-electron chi connectivity index (χ3n) is 8.30. The summed E-state index contributed by atoms with van der Waals surface area (Å²) in [6.45, 7) is 8.81. The van der Waals surface area contributed by atoms with Crippen LogP contribution in [0.3, 0.4) is 0 Å². The van der Waals surface area contributed by atoms with Crippen LogP contribution in [-0.2, 0) is 48.0 Å². The van der Waals surface area contributed by atoms with Crippen LogP contribution in [0.1, 0.15) is 57.7 Å².